The van der Waals surface area contributed by atoms with E-state index in [1.807, 2.05) is 6.07 Å². The number of carbonyl (C=O) groups excluding carboxylic acids is 3. The Hall–Kier alpha value is -2.93. The lowest BCUT2D eigenvalue weighted by molar-refractivity contribution is -0.121. The first-order valence-corrected chi connectivity index (χ1v) is 12.0. The van der Waals surface area contributed by atoms with Crippen molar-refractivity contribution >= 4 is 40.8 Å². The number of benzene rings is 1. The Morgan fingerprint density at radius 3 is 2.42 bits per heavy atom. The van der Waals surface area contributed by atoms with Crippen LogP contribution in [0, 0.1) is 11.8 Å². The monoisotopic (exact) mass is 468 g/mol. The molecule has 1 aromatic carbocycles. The Labute approximate surface area is 198 Å². The number of aromatic nitrogens is 1. The number of piperidine rings is 1. The van der Waals surface area contributed by atoms with Crippen molar-refractivity contribution in [3.63, 3.8) is 0 Å². The third kappa shape index (κ3) is 6.11. The number of hydrogen-bond donors (Lipinski definition) is 2. The molecular formula is C25H29ClN4O3. The van der Waals surface area contributed by atoms with Crippen LogP contribution in [0.4, 0.5) is 11.5 Å². The fourth-order valence-corrected chi connectivity index (χ4v) is 4.69. The van der Waals surface area contributed by atoms with Gasteiger partial charge in [-0.3, -0.25) is 14.4 Å². The van der Waals surface area contributed by atoms with Gasteiger partial charge in [-0.2, -0.15) is 0 Å². The van der Waals surface area contributed by atoms with Crippen LogP contribution in [-0.2, 0) is 9.59 Å². The van der Waals surface area contributed by atoms with E-state index in [4.69, 9.17) is 11.6 Å². The summed E-state index contributed by atoms with van der Waals surface area (Å²) in [4.78, 5) is 44.3. The number of rotatable bonds is 5. The first-order valence-electron chi connectivity index (χ1n) is 11.6. The molecule has 2 heterocycles. The summed E-state index contributed by atoms with van der Waals surface area (Å²) in [6, 6.07) is 10.4. The molecule has 2 fully saturated rings. The zero-order chi connectivity index (χ0) is 23.2. The highest BCUT2D eigenvalue weighted by Crippen LogP contribution is 2.26. The largest absolute Gasteiger partial charge is 0.338 e. The summed E-state index contributed by atoms with van der Waals surface area (Å²) in [7, 11) is 0. The molecular weight excluding hydrogens is 440 g/mol. The third-order valence-electron chi connectivity index (χ3n) is 6.41. The van der Waals surface area contributed by atoms with Gasteiger partial charge in [0, 0.05) is 36.5 Å². The third-order valence-corrected chi connectivity index (χ3v) is 6.63. The van der Waals surface area contributed by atoms with Gasteiger partial charge < -0.3 is 15.5 Å². The van der Waals surface area contributed by atoms with E-state index in [9.17, 15) is 14.4 Å². The fourth-order valence-electron chi connectivity index (χ4n) is 4.58. The van der Waals surface area contributed by atoms with Gasteiger partial charge >= 0.3 is 0 Å². The number of halogens is 1. The molecule has 1 saturated carbocycles. The average Bonchev–Trinajstić information content (AvgIpc) is 2.85. The van der Waals surface area contributed by atoms with Crippen LogP contribution >= 0.6 is 11.6 Å². The summed E-state index contributed by atoms with van der Waals surface area (Å²) in [5, 5.41) is 6.28. The van der Waals surface area contributed by atoms with Crippen molar-refractivity contribution in [2.45, 2.75) is 44.9 Å². The molecule has 1 unspecified atom stereocenters. The van der Waals surface area contributed by atoms with Crippen molar-refractivity contribution in [3.8, 4) is 0 Å². The van der Waals surface area contributed by atoms with E-state index in [1.54, 1.807) is 35.2 Å². The summed E-state index contributed by atoms with van der Waals surface area (Å²) in [5.41, 5.74) is 1.15. The molecule has 0 spiro atoms. The summed E-state index contributed by atoms with van der Waals surface area (Å²) in [6.45, 7) is 0.942. The van der Waals surface area contributed by atoms with Crippen molar-refractivity contribution < 1.29 is 14.4 Å². The van der Waals surface area contributed by atoms with Crippen LogP contribution in [0.25, 0.3) is 0 Å². The van der Waals surface area contributed by atoms with E-state index in [0.29, 0.717) is 41.6 Å². The minimum Gasteiger partial charge on any atom is -0.338 e. The lowest BCUT2D eigenvalue weighted by Gasteiger charge is -2.32. The minimum absolute atomic E-state index is 0.0322. The molecule has 7 nitrogen and oxygen atoms in total. The number of pyridine rings is 1. The molecule has 1 aromatic heterocycles. The van der Waals surface area contributed by atoms with Crippen LogP contribution in [0.5, 0.6) is 0 Å². The number of carbonyl (C=O) groups is 3. The first-order chi connectivity index (χ1) is 16.0. The summed E-state index contributed by atoms with van der Waals surface area (Å²) in [6.07, 6.45) is 8.16. The van der Waals surface area contributed by atoms with Crippen LogP contribution < -0.4 is 10.6 Å². The van der Waals surface area contributed by atoms with Crippen molar-refractivity contribution in [3.05, 3.63) is 53.2 Å². The smallest absolute Gasteiger partial charge is 0.253 e. The predicted molar refractivity (Wildman–Crippen MR) is 128 cm³/mol. The van der Waals surface area contributed by atoms with Gasteiger partial charge in [0.25, 0.3) is 5.91 Å². The van der Waals surface area contributed by atoms with Gasteiger partial charge in [-0.15, -0.1) is 0 Å². The maximum atomic E-state index is 13.2. The molecule has 2 aliphatic rings. The Balaban J connectivity index is 1.37. The Kier molecular flexibility index (Phi) is 7.60. The number of amides is 3. The average molecular weight is 469 g/mol. The quantitative estimate of drug-likeness (QED) is 0.662. The second kappa shape index (κ2) is 10.8. The van der Waals surface area contributed by atoms with Gasteiger partial charge in [-0.25, -0.2) is 4.98 Å². The van der Waals surface area contributed by atoms with Crippen LogP contribution in [0.1, 0.15) is 55.3 Å². The molecule has 2 aromatic rings. The van der Waals surface area contributed by atoms with E-state index in [-0.39, 0.29) is 29.6 Å². The Bertz CT molecular complexity index is 1000. The Morgan fingerprint density at radius 2 is 1.67 bits per heavy atom. The SMILES string of the molecule is O=C(Nc1cccc(C(=O)N2CCCC(C(=O)Nc3ccc(Cl)cn3)C2)c1)C1CCCCC1. The van der Waals surface area contributed by atoms with Crippen molar-refractivity contribution in [2.24, 2.45) is 11.8 Å². The Morgan fingerprint density at radius 1 is 0.909 bits per heavy atom. The number of likely N-dealkylation sites (tertiary alicyclic amines) is 1. The number of hydrogen-bond acceptors (Lipinski definition) is 4. The molecule has 3 amide bonds. The molecule has 1 saturated heterocycles. The van der Waals surface area contributed by atoms with E-state index >= 15 is 0 Å². The van der Waals surface area contributed by atoms with Gasteiger partial charge in [0.1, 0.15) is 5.82 Å². The van der Waals surface area contributed by atoms with Crippen LogP contribution in [0.15, 0.2) is 42.6 Å². The lowest BCUT2D eigenvalue weighted by atomic mass is 9.88. The van der Waals surface area contributed by atoms with E-state index in [0.717, 1.165) is 32.1 Å². The van der Waals surface area contributed by atoms with Crippen LogP contribution in [-0.4, -0.2) is 40.7 Å². The lowest BCUT2D eigenvalue weighted by Crippen LogP contribution is -2.43. The van der Waals surface area contributed by atoms with Crippen LogP contribution in [0.3, 0.4) is 0 Å². The van der Waals surface area contributed by atoms with Crippen LogP contribution in [0.2, 0.25) is 5.02 Å². The maximum absolute atomic E-state index is 13.2. The number of nitrogens with zero attached hydrogens (tertiary/aromatic N) is 2. The molecule has 0 radical (unpaired) electrons. The van der Waals surface area contributed by atoms with Crippen molar-refractivity contribution in [1.82, 2.24) is 9.88 Å². The summed E-state index contributed by atoms with van der Waals surface area (Å²) in [5.74, 6) is -0.0789. The number of nitrogens with one attached hydrogen (secondary N) is 2. The molecule has 1 aliphatic carbocycles. The van der Waals surface area contributed by atoms with Crippen molar-refractivity contribution in [2.75, 3.05) is 23.7 Å². The highest BCUT2D eigenvalue weighted by atomic mass is 35.5. The zero-order valence-corrected chi connectivity index (χ0v) is 19.3. The van der Waals surface area contributed by atoms with E-state index in [2.05, 4.69) is 15.6 Å². The number of anilines is 2. The van der Waals surface area contributed by atoms with Crippen molar-refractivity contribution in [1.29, 1.82) is 0 Å². The molecule has 8 heteroatoms. The summed E-state index contributed by atoms with van der Waals surface area (Å²) >= 11 is 5.84. The second-order valence-corrected chi connectivity index (χ2v) is 9.28. The molecule has 2 N–H and O–H groups in total. The second-order valence-electron chi connectivity index (χ2n) is 8.85. The summed E-state index contributed by atoms with van der Waals surface area (Å²) < 4.78 is 0. The normalized spacial score (nSPS) is 19.1. The predicted octanol–water partition coefficient (Wildman–Crippen LogP) is 4.74. The molecule has 33 heavy (non-hydrogen) atoms. The topological polar surface area (TPSA) is 91.4 Å². The van der Waals surface area contributed by atoms with Gasteiger partial charge in [0.2, 0.25) is 11.8 Å². The van der Waals surface area contributed by atoms with Gasteiger partial charge in [0.15, 0.2) is 0 Å². The van der Waals surface area contributed by atoms with Gasteiger partial charge in [0.05, 0.1) is 10.9 Å². The highest BCUT2D eigenvalue weighted by Gasteiger charge is 2.29. The molecule has 1 aliphatic heterocycles. The molecule has 174 valence electrons. The molecule has 4 rings (SSSR count). The standard InChI is InChI=1S/C25H29ClN4O3/c26-20-11-12-22(27-15-20)29-24(32)19-9-5-13-30(16-19)25(33)18-8-4-10-21(14-18)28-23(31)17-6-2-1-3-7-17/h4,8,10-12,14-15,17,19H,1-3,5-7,9,13,16H2,(H,28,31)(H,27,29,32). The fraction of sp³-hybridized carbons (Fsp3) is 0.440. The molecule has 0 bridgehead atoms. The minimum atomic E-state index is -0.311. The van der Waals surface area contributed by atoms with E-state index in [1.165, 1.54) is 12.6 Å². The van der Waals surface area contributed by atoms with E-state index < -0.39 is 0 Å². The van der Waals surface area contributed by atoms with Gasteiger partial charge in [-0.1, -0.05) is 36.9 Å². The van der Waals surface area contributed by atoms with Gasteiger partial charge in [-0.05, 0) is 56.0 Å². The zero-order valence-electron chi connectivity index (χ0n) is 18.6. The first kappa shape index (κ1) is 23.2. The maximum Gasteiger partial charge on any atom is 0.253 e. The highest BCUT2D eigenvalue weighted by molar-refractivity contribution is 6.30. The molecule has 1 atom stereocenters.